The van der Waals surface area contributed by atoms with E-state index in [0.717, 1.165) is 32.5 Å². The molecule has 226 valence electrons. The standard InChI is InChI=1S/C41H30N4S2/c1-41(2)31-11-3-5-13-33(31)44(34-14-6-4-12-32(34)41)29-23-19-27(20-24-29)39-42-43-40(47-39)28-21-25-30(26-22-28)45-35-15-7-9-17-37(35)46-38-18-10-8-16-36(38)45/h3-26H,1-2H3. The van der Waals surface area contributed by atoms with Crippen LogP contribution in [-0.4, -0.2) is 10.2 Å². The number of hydrogen-bond donors (Lipinski definition) is 0. The van der Waals surface area contributed by atoms with Crippen molar-refractivity contribution in [2.45, 2.75) is 29.1 Å². The molecule has 2 aliphatic rings. The lowest BCUT2D eigenvalue weighted by Gasteiger charge is -2.42. The zero-order chi connectivity index (χ0) is 31.5. The van der Waals surface area contributed by atoms with E-state index < -0.39 is 0 Å². The van der Waals surface area contributed by atoms with Crippen molar-refractivity contribution in [1.29, 1.82) is 0 Å². The molecule has 47 heavy (non-hydrogen) atoms. The molecule has 0 amide bonds. The first-order valence-corrected chi connectivity index (χ1v) is 17.4. The number of benzene rings is 6. The molecule has 0 radical (unpaired) electrons. The third-order valence-corrected chi connectivity index (χ3v) is 11.4. The maximum absolute atomic E-state index is 4.61. The van der Waals surface area contributed by atoms with Gasteiger partial charge in [0.25, 0.3) is 0 Å². The zero-order valence-electron chi connectivity index (χ0n) is 26.0. The van der Waals surface area contributed by atoms with Crippen LogP contribution in [0.15, 0.2) is 155 Å². The first-order valence-electron chi connectivity index (χ1n) is 15.8. The van der Waals surface area contributed by atoms with Crippen molar-refractivity contribution in [2.75, 3.05) is 9.80 Å². The van der Waals surface area contributed by atoms with Gasteiger partial charge in [0.15, 0.2) is 0 Å². The van der Waals surface area contributed by atoms with Crippen LogP contribution in [0.1, 0.15) is 25.0 Å². The molecule has 0 spiro atoms. The molecule has 3 heterocycles. The maximum Gasteiger partial charge on any atom is 0.148 e. The lowest BCUT2D eigenvalue weighted by atomic mass is 9.73. The zero-order valence-corrected chi connectivity index (χ0v) is 27.6. The number of rotatable bonds is 4. The summed E-state index contributed by atoms with van der Waals surface area (Å²) in [4.78, 5) is 7.24. The summed E-state index contributed by atoms with van der Waals surface area (Å²) >= 11 is 3.45. The predicted molar refractivity (Wildman–Crippen MR) is 196 cm³/mol. The Kier molecular flexibility index (Phi) is 6.56. The Bertz CT molecular complexity index is 2180. The van der Waals surface area contributed by atoms with Crippen molar-refractivity contribution in [1.82, 2.24) is 10.2 Å². The fraction of sp³-hybridized carbons (Fsp3) is 0.0732. The minimum Gasteiger partial charge on any atom is -0.310 e. The van der Waals surface area contributed by atoms with Gasteiger partial charge in [-0.1, -0.05) is 97.6 Å². The summed E-state index contributed by atoms with van der Waals surface area (Å²) in [6.07, 6.45) is 0. The van der Waals surface area contributed by atoms with Gasteiger partial charge in [0, 0.05) is 37.7 Å². The average Bonchev–Trinajstić information content (AvgIpc) is 3.62. The summed E-state index contributed by atoms with van der Waals surface area (Å²) in [6.45, 7) is 4.63. The highest BCUT2D eigenvalue weighted by atomic mass is 32.2. The molecule has 0 N–H and O–H groups in total. The van der Waals surface area contributed by atoms with Crippen LogP contribution < -0.4 is 9.80 Å². The fourth-order valence-electron chi connectivity index (χ4n) is 6.89. The fourth-order valence-corrected chi connectivity index (χ4v) is 8.81. The highest BCUT2D eigenvalue weighted by Gasteiger charge is 2.36. The van der Waals surface area contributed by atoms with E-state index in [9.17, 15) is 0 Å². The number of fused-ring (bicyclic) bond motifs is 4. The van der Waals surface area contributed by atoms with Crippen molar-refractivity contribution in [3.05, 3.63) is 157 Å². The van der Waals surface area contributed by atoms with Crippen molar-refractivity contribution >= 4 is 57.2 Å². The minimum atomic E-state index is -0.0768. The molecule has 7 aromatic rings. The Labute approximate surface area is 283 Å². The molecular weight excluding hydrogens is 613 g/mol. The Morgan fingerprint density at radius 2 is 0.830 bits per heavy atom. The molecule has 4 nitrogen and oxygen atoms in total. The van der Waals surface area contributed by atoms with E-state index in [-0.39, 0.29) is 5.41 Å². The number of para-hydroxylation sites is 4. The number of hydrogen-bond acceptors (Lipinski definition) is 6. The molecule has 9 rings (SSSR count). The van der Waals surface area contributed by atoms with Gasteiger partial charge in [-0.05, 0) is 96.1 Å². The largest absolute Gasteiger partial charge is 0.310 e. The second kappa shape index (κ2) is 11.0. The van der Waals surface area contributed by atoms with Gasteiger partial charge >= 0.3 is 0 Å². The monoisotopic (exact) mass is 642 g/mol. The van der Waals surface area contributed by atoms with E-state index in [1.807, 2.05) is 11.8 Å². The van der Waals surface area contributed by atoms with Crippen LogP contribution in [0.3, 0.4) is 0 Å². The number of anilines is 6. The molecule has 0 bridgehead atoms. The summed E-state index contributed by atoms with van der Waals surface area (Å²) in [6, 6.07) is 52.1. The van der Waals surface area contributed by atoms with Crippen LogP contribution in [0.4, 0.5) is 34.1 Å². The Balaban J connectivity index is 1.01. The summed E-state index contributed by atoms with van der Waals surface area (Å²) < 4.78 is 0. The van der Waals surface area contributed by atoms with Gasteiger partial charge in [0.2, 0.25) is 0 Å². The van der Waals surface area contributed by atoms with E-state index in [1.54, 1.807) is 11.3 Å². The molecule has 2 aliphatic heterocycles. The van der Waals surface area contributed by atoms with Gasteiger partial charge in [-0.15, -0.1) is 10.2 Å². The van der Waals surface area contributed by atoms with Crippen LogP contribution in [0.5, 0.6) is 0 Å². The second-order valence-corrected chi connectivity index (χ2v) is 14.4. The highest BCUT2D eigenvalue weighted by molar-refractivity contribution is 7.99. The van der Waals surface area contributed by atoms with E-state index in [2.05, 4.69) is 179 Å². The quantitative estimate of drug-likeness (QED) is 0.191. The van der Waals surface area contributed by atoms with Gasteiger partial charge in [-0.25, -0.2) is 0 Å². The Morgan fingerprint density at radius 1 is 0.447 bits per heavy atom. The van der Waals surface area contributed by atoms with E-state index in [1.165, 1.54) is 43.7 Å². The van der Waals surface area contributed by atoms with Crippen LogP contribution in [-0.2, 0) is 5.41 Å². The molecule has 6 heteroatoms. The SMILES string of the molecule is CC1(C)c2ccccc2N(c2ccc(-c3nnc(-c4ccc(N5c6ccccc6Sc6ccccc65)cc4)s3)cc2)c2ccccc21. The van der Waals surface area contributed by atoms with E-state index in [0.29, 0.717) is 0 Å². The van der Waals surface area contributed by atoms with Gasteiger partial charge < -0.3 is 9.80 Å². The topological polar surface area (TPSA) is 32.3 Å². The van der Waals surface area contributed by atoms with Crippen molar-refractivity contribution in [3.8, 4) is 21.1 Å². The van der Waals surface area contributed by atoms with Gasteiger partial charge in [-0.2, -0.15) is 0 Å². The Morgan fingerprint density at radius 3 is 1.30 bits per heavy atom. The summed E-state index contributed by atoms with van der Waals surface area (Å²) in [5, 5.41) is 11.0. The normalized spacial score (nSPS) is 14.2. The Hall–Kier alpha value is -5.17. The molecular formula is C41H30N4S2. The van der Waals surface area contributed by atoms with Crippen LogP contribution in [0.2, 0.25) is 0 Å². The summed E-state index contributed by atoms with van der Waals surface area (Å²) in [5.41, 5.74) is 11.8. The molecule has 1 aromatic heterocycles. The summed E-state index contributed by atoms with van der Waals surface area (Å²) in [7, 11) is 0. The average molecular weight is 643 g/mol. The van der Waals surface area contributed by atoms with E-state index >= 15 is 0 Å². The number of nitrogens with zero attached hydrogens (tertiary/aromatic N) is 4. The third kappa shape index (κ3) is 4.59. The number of aromatic nitrogens is 2. The van der Waals surface area contributed by atoms with Crippen molar-refractivity contribution in [3.63, 3.8) is 0 Å². The molecule has 0 atom stereocenters. The maximum atomic E-state index is 4.61. The summed E-state index contributed by atoms with van der Waals surface area (Å²) in [5.74, 6) is 0. The van der Waals surface area contributed by atoms with Crippen LogP contribution in [0, 0.1) is 0 Å². The van der Waals surface area contributed by atoms with Crippen LogP contribution >= 0.6 is 23.1 Å². The lowest BCUT2D eigenvalue weighted by Crippen LogP contribution is -2.30. The molecule has 0 aliphatic carbocycles. The highest BCUT2D eigenvalue weighted by Crippen LogP contribution is 2.53. The second-order valence-electron chi connectivity index (χ2n) is 12.4. The molecule has 0 saturated carbocycles. The smallest absolute Gasteiger partial charge is 0.148 e. The molecule has 0 fully saturated rings. The van der Waals surface area contributed by atoms with Crippen molar-refractivity contribution in [2.24, 2.45) is 0 Å². The van der Waals surface area contributed by atoms with Crippen molar-refractivity contribution < 1.29 is 0 Å². The minimum absolute atomic E-state index is 0.0768. The predicted octanol–water partition coefficient (Wildman–Crippen LogP) is 11.9. The van der Waals surface area contributed by atoms with Gasteiger partial charge in [-0.3, -0.25) is 0 Å². The first kappa shape index (κ1) is 28.1. The van der Waals surface area contributed by atoms with Crippen LogP contribution in [0.25, 0.3) is 21.1 Å². The molecule has 6 aromatic carbocycles. The lowest BCUT2D eigenvalue weighted by molar-refractivity contribution is 0.632. The third-order valence-electron chi connectivity index (χ3n) is 9.24. The molecule has 0 unspecified atom stereocenters. The first-order chi connectivity index (χ1) is 23.1. The van der Waals surface area contributed by atoms with Gasteiger partial charge in [0.1, 0.15) is 10.0 Å². The van der Waals surface area contributed by atoms with E-state index in [4.69, 9.17) is 0 Å². The van der Waals surface area contributed by atoms with Gasteiger partial charge in [0.05, 0.1) is 22.7 Å². The molecule has 0 saturated heterocycles.